The summed E-state index contributed by atoms with van der Waals surface area (Å²) in [6.45, 7) is 3.82. The van der Waals surface area contributed by atoms with Crippen LogP contribution in [0.4, 0.5) is 5.95 Å². The van der Waals surface area contributed by atoms with Crippen LogP contribution < -0.4 is 5.43 Å². The number of phenolic OH excluding ortho intramolecular Hbond substituents is 1. The highest BCUT2D eigenvalue weighted by Crippen LogP contribution is 2.24. The number of aromatic nitrogens is 4. The molecule has 0 aliphatic rings. The quantitative estimate of drug-likeness (QED) is 0.395. The number of aromatic hydroxyl groups is 1. The summed E-state index contributed by atoms with van der Waals surface area (Å²) in [5.41, 5.74) is 7.56. The smallest absolute Gasteiger partial charge is 0.265 e. The first kappa shape index (κ1) is 15.1. The van der Waals surface area contributed by atoms with Crippen molar-refractivity contribution in [2.45, 2.75) is 13.8 Å². The summed E-state index contributed by atoms with van der Waals surface area (Å²) >= 11 is 0. The monoisotopic (exact) mass is 332 g/mol. The summed E-state index contributed by atoms with van der Waals surface area (Å²) in [7, 11) is 0. The number of hydrogen-bond acceptors (Lipinski definition) is 6. The molecule has 0 atom stereocenters. The predicted octanol–water partition coefficient (Wildman–Crippen LogP) is 3.36. The van der Waals surface area contributed by atoms with Crippen molar-refractivity contribution in [2.24, 2.45) is 5.10 Å². The summed E-state index contributed by atoms with van der Waals surface area (Å²) in [5, 5.41) is 23.4. The van der Waals surface area contributed by atoms with Crippen LogP contribution in [-0.2, 0) is 0 Å². The van der Waals surface area contributed by atoms with E-state index in [0.29, 0.717) is 16.9 Å². The summed E-state index contributed by atoms with van der Waals surface area (Å²) in [5.74, 6) is 0.456. The lowest BCUT2D eigenvalue weighted by Crippen LogP contribution is -2.03. The van der Waals surface area contributed by atoms with Gasteiger partial charge in [0, 0.05) is 10.9 Å². The number of nitrogens with one attached hydrogen (secondary N) is 2. The first-order valence-corrected chi connectivity index (χ1v) is 7.84. The van der Waals surface area contributed by atoms with Crippen molar-refractivity contribution in [1.82, 2.24) is 20.2 Å². The lowest BCUT2D eigenvalue weighted by Gasteiger charge is -2.04. The van der Waals surface area contributed by atoms with Gasteiger partial charge in [-0.25, -0.2) is 5.43 Å². The number of anilines is 1. The Morgan fingerprint density at radius 1 is 1.12 bits per heavy atom. The first-order valence-electron chi connectivity index (χ1n) is 7.84. The number of hydrogen-bond donors (Lipinski definition) is 3. The lowest BCUT2D eigenvalue weighted by molar-refractivity contribution is 0.474. The number of benzene rings is 2. The molecule has 2 aromatic carbocycles. The molecule has 3 N–H and O–H groups in total. The third-order valence-corrected chi connectivity index (χ3v) is 4.08. The second-order valence-electron chi connectivity index (χ2n) is 5.78. The molecule has 0 fully saturated rings. The number of rotatable bonds is 3. The molecule has 4 rings (SSSR count). The van der Waals surface area contributed by atoms with E-state index in [4.69, 9.17) is 0 Å². The van der Waals surface area contributed by atoms with Gasteiger partial charge in [0.15, 0.2) is 5.65 Å². The van der Waals surface area contributed by atoms with E-state index in [1.165, 1.54) is 0 Å². The molecule has 0 saturated heterocycles. The van der Waals surface area contributed by atoms with E-state index >= 15 is 0 Å². The minimum atomic E-state index is 0.172. The van der Waals surface area contributed by atoms with E-state index in [-0.39, 0.29) is 11.7 Å². The van der Waals surface area contributed by atoms with Gasteiger partial charge >= 0.3 is 0 Å². The molecule has 2 aromatic heterocycles. The molecular weight excluding hydrogens is 316 g/mol. The number of aromatic amines is 1. The maximum Gasteiger partial charge on any atom is 0.265 e. The molecule has 0 bridgehead atoms. The SMILES string of the molecule is C/C(=N/Nc1nnc2c(n1)[nH]c1c(C)cccc12)c1ccccc1O. The highest BCUT2D eigenvalue weighted by molar-refractivity contribution is 6.04. The molecule has 7 heteroatoms. The summed E-state index contributed by atoms with van der Waals surface area (Å²) in [6.07, 6.45) is 0. The van der Waals surface area contributed by atoms with Crippen molar-refractivity contribution in [2.75, 3.05) is 5.43 Å². The van der Waals surface area contributed by atoms with Gasteiger partial charge in [0.05, 0.1) is 11.2 Å². The molecular formula is C18H16N6O. The van der Waals surface area contributed by atoms with Crippen LogP contribution in [0.2, 0.25) is 0 Å². The van der Waals surface area contributed by atoms with Crippen LogP contribution in [0.25, 0.3) is 22.1 Å². The van der Waals surface area contributed by atoms with Gasteiger partial charge in [0.1, 0.15) is 11.3 Å². The number of phenols is 1. The number of fused-ring (bicyclic) bond motifs is 3. The summed E-state index contributed by atoms with van der Waals surface area (Å²) < 4.78 is 0. The maximum atomic E-state index is 9.87. The van der Waals surface area contributed by atoms with Crippen LogP contribution in [0, 0.1) is 6.92 Å². The van der Waals surface area contributed by atoms with E-state index in [0.717, 1.165) is 22.0 Å². The fraction of sp³-hybridized carbons (Fsp3) is 0.111. The molecule has 25 heavy (non-hydrogen) atoms. The van der Waals surface area contributed by atoms with Crippen LogP contribution in [0.5, 0.6) is 5.75 Å². The van der Waals surface area contributed by atoms with Crippen LogP contribution in [0.15, 0.2) is 47.6 Å². The molecule has 0 unspecified atom stereocenters. The molecule has 4 aromatic rings. The average Bonchev–Trinajstić information content (AvgIpc) is 2.99. The number of para-hydroxylation sites is 2. The predicted molar refractivity (Wildman–Crippen MR) is 97.9 cm³/mol. The Morgan fingerprint density at radius 2 is 1.96 bits per heavy atom. The normalized spacial score (nSPS) is 12.0. The minimum absolute atomic E-state index is 0.172. The van der Waals surface area contributed by atoms with Gasteiger partial charge in [0.2, 0.25) is 0 Å². The standard InChI is InChI=1S/C18H16N6O/c1-10-6-5-8-13-15(10)19-17-16(13)22-24-18(20-17)23-21-11(2)12-7-3-4-9-14(12)25/h3-9,25H,1-2H3,(H2,19,20,23,24)/b21-11-. The van der Waals surface area contributed by atoms with Gasteiger partial charge in [-0.3, -0.25) is 0 Å². The van der Waals surface area contributed by atoms with Crippen LogP contribution in [-0.4, -0.2) is 31.0 Å². The Labute approximate surface area is 143 Å². The fourth-order valence-corrected chi connectivity index (χ4v) is 2.76. The van der Waals surface area contributed by atoms with Crippen LogP contribution >= 0.6 is 0 Å². The topological polar surface area (TPSA) is 99.1 Å². The number of hydrazone groups is 1. The Balaban J connectivity index is 1.68. The molecule has 2 heterocycles. The van der Waals surface area contributed by atoms with Gasteiger partial charge in [-0.05, 0) is 31.5 Å². The molecule has 0 amide bonds. The van der Waals surface area contributed by atoms with Crippen molar-refractivity contribution < 1.29 is 5.11 Å². The zero-order valence-electron chi connectivity index (χ0n) is 13.8. The highest BCUT2D eigenvalue weighted by Gasteiger charge is 2.10. The molecule has 0 radical (unpaired) electrons. The van der Waals surface area contributed by atoms with Crippen molar-refractivity contribution in [1.29, 1.82) is 0 Å². The largest absolute Gasteiger partial charge is 0.507 e. The fourth-order valence-electron chi connectivity index (χ4n) is 2.76. The van der Waals surface area contributed by atoms with E-state index < -0.39 is 0 Å². The molecule has 0 saturated carbocycles. The van der Waals surface area contributed by atoms with Gasteiger partial charge in [-0.2, -0.15) is 10.1 Å². The number of aryl methyl sites for hydroxylation is 1. The van der Waals surface area contributed by atoms with Gasteiger partial charge in [-0.15, -0.1) is 10.2 Å². The Morgan fingerprint density at radius 3 is 2.80 bits per heavy atom. The maximum absolute atomic E-state index is 9.87. The third-order valence-electron chi connectivity index (χ3n) is 4.08. The molecule has 0 aliphatic carbocycles. The second-order valence-corrected chi connectivity index (χ2v) is 5.78. The Kier molecular flexibility index (Phi) is 3.53. The second kappa shape index (κ2) is 5.86. The number of nitrogens with zero attached hydrogens (tertiary/aromatic N) is 4. The van der Waals surface area contributed by atoms with E-state index in [9.17, 15) is 5.11 Å². The van der Waals surface area contributed by atoms with Gasteiger partial charge in [-0.1, -0.05) is 30.3 Å². The molecule has 0 spiro atoms. The van der Waals surface area contributed by atoms with E-state index in [1.807, 2.05) is 31.2 Å². The van der Waals surface area contributed by atoms with Crippen molar-refractivity contribution >= 4 is 33.7 Å². The molecule has 0 aliphatic heterocycles. The minimum Gasteiger partial charge on any atom is -0.507 e. The average molecular weight is 332 g/mol. The summed E-state index contributed by atoms with van der Waals surface area (Å²) in [4.78, 5) is 7.70. The van der Waals surface area contributed by atoms with Crippen molar-refractivity contribution in [3.8, 4) is 5.75 Å². The van der Waals surface area contributed by atoms with Crippen molar-refractivity contribution in [3.05, 3.63) is 53.6 Å². The zero-order valence-corrected chi connectivity index (χ0v) is 13.8. The van der Waals surface area contributed by atoms with Crippen LogP contribution in [0.1, 0.15) is 18.1 Å². The van der Waals surface area contributed by atoms with E-state index in [1.54, 1.807) is 25.1 Å². The Bertz CT molecular complexity index is 1120. The third kappa shape index (κ3) is 2.65. The Hall–Kier alpha value is -3.48. The van der Waals surface area contributed by atoms with Gasteiger partial charge < -0.3 is 10.1 Å². The van der Waals surface area contributed by atoms with Gasteiger partial charge in [0.25, 0.3) is 5.95 Å². The number of H-pyrrole nitrogens is 1. The zero-order chi connectivity index (χ0) is 17.4. The molecule has 7 nitrogen and oxygen atoms in total. The van der Waals surface area contributed by atoms with Crippen molar-refractivity contribution in [3.63, 3.8) is 0 Å². The first-order chi connectivity index (χ1) is 12.1. The van der Waals surface area contributed by atoms with Crippen LogP contribution in [0.3, 0.4) is 0 Å². The molecule has 124 valence electrons. The summed E-state index contributed by atoms with van der Waals surface area (Å²) in [6, 6.07) is 13.0. The van der Waals surface area contributed by atoms with E-state index in [2.05, 4.69) is 30.7 Å². The lowest BCUT2D eigenvalue weighted by atomic mass is 10.1. The highest BCUT2D eigenvalue weighted by atomic mass is 16.3.